The van der Waals surface area contributed by atoms with Crippen molar-refractivity contribution in [2.75, 3.05) is 24.9 Å². The first-order valence-corrected chi connectivity index (χ1v) is 10.4. The van der Waals surface area contributed by atoms with Gasteiger partial charge in [-0.25, -0.2) is 8.42 Å². The largest absolute Gasteiger partial charge is 0.497 e. The van der Waals surface area contributed by atoms with Gasteiger partial charge in [0.15, 0.2) is 0 Å². The minimum atomic E-state index is -3.83. The molecule has 0 spiro atoms. The minimum Gasteiger partial charge on any atom is -0.497 e. The maximum Gasteiger partial charge on any atom is 0.311 e. The molecule has 0 atom stereocenters. The van der Waals surface area contributed by atoms with E-state index in [0.717, 1.165) is 12.8 Å². The predicted molar refractivity (Wildman–Crippen MR) is 103 cm³/mol. The van der Waals surface area contributed by atoms with Gasteiger partial charge in [-0.3, -0.25) is 9.52 Å². The number of hydrogen-bond donors (Lipinski definition) is 2. The molecule has 3 heterocycles. The van der Waals surface area contributed by atoms with Gasteiger partial charge in [-0.05, 0) is 43.2 Å². The molecule has 1 amide bonds. The van der Waals surface area contributed by atoms with Gasteiger partial charge in [0.25, 0.3) is 15.9 Å². The lowest BCUT2D eigenvalue weighted by molar-refractivity contribution is 0.0754. The third kappa shape index (κ3) is 3.94. The van der Waals surface area contributed by atoms with Crippen LogP contribution >= 0.6 is 0 Å². The number of H-pyrrole nitrogens is 1. The number of likely N-dealkylation sites (tertiary alicyclic amines) is 1. The van der Waals surface area contributed by atoms with Crippen molar-refractivity contribution in [2.24, 2.45) is 0 Å². The summed E-state index contributed by atoms with van der Waals surface area (Å²) in [6.45, 7) is 1.33. The zero-order valence-electron chi connectivity index (χ0n) is 15.6. The molecule has 0 unspecified atom stereocenters. The second kappa shape index (κ2) is 7.59. The number of hydrogen-bond acceptors (Lipinski definition) is 7. The molecule has 1 aliphatic heterocycles. The number of sulfonamides is 1. The zero-order chi connectivity index (χ0) is 20.4. The van der Waals surface area contributed by atoms with Gasteiger partial charge in [-0.2, -0.15) is 0 Å². The highest BCUT2D eigenvalue weighted by Crippen LogP contribution is 2.24. The summed E-state index contributed by atoms with van der Waals surface area (Å²) >= 11 is 0. The molecule has 1 aliphatic rings. The van der Waals surface area contributed by atoms with Crippen molar-refractivity contribution in [3.8, 4) is 17.3 Å². The van der Waals surface area contributed by atoms with E-state index in [0.29, 0.717) is 30.2 Å². The van der Waals surface area contributed by atoms with Crippen LogP contribution in [0.5, 0.6) is 5.75 Å². The fourth-order valence-electron chi connectivity index (χ4n) is 3.00. The van der Waals surface area contributed by atoms with Gasteiger partial charge < -0.3 is 19.0 Å². The van der Waals surface area contributed by atoms with Crippen LogP contribution in [0.3, 0.4) is 0 Å². The highest BCUT2D eigenvalue weighted by atomic mass is 32.2. The number of amides is 1. The maximum atomic E-state index is 12.6. The second-order valence-corrected chi connectivity index (χ2v) is 8.18. The molecule has 1 aromatic carbocycles. The summed E-state index contributed by atoms with van der Waals surface area (Å²) in [6, 6.07) is 7.86. The Morgan fingerprint density at radius 2 is 1.93 bits per heavy atom. The van der Waals surface area contributed by atoms with Gasteiger partial charge in [0.1, 0.15) is 16.3 Å². The van der Waals surface area contributed by atoms with Gasteiger partial charge in [0.05, 0.1) is 7.11 Å². The monoisotopic (exact) mass is 417 g/mol. The zero-order valence-corrected chi connectivity index (χ0v) is 16.4. The average molecular weight is 417 g/mol. The third-order valence-electron chi connectivity index (χ3n) is 4.54. The molecule has 29 heavy (non-hydrogen) atoms. The number of aromatic amines is 1. The van der Waals surface area contributed by atoms with Crippen LogP contribution in [0.1, 0.15) is 23.5 Å². The Balaban J connectivity index is 1.50. The summed E-state index contributed by atoms with van der Waals surface area (Å²) in [5.41, 5.74) is 0.693. The molecule has 152 valence electrons. The van der Waals surface area contributed by atoms with E-state index in [1.54, 1.807) is 29.2 Å². The van der Waals surface area contributed by atoms with E-state index in [2.05, 4.69) is 19.9 Å². The highest BCUT2D eigenvalue weighted by Gasteiger charge is 2.25. The van der Waals surface area contributed by atoms with Crippen molar-refractivity contribution in [3.63, 3.8) is 0 Å². The Labute approximate surface area is 166 Å². The molecular weight excluding hydrogens is 398 g/mol. The maximum absolute atomic E-state index is 12.6. The van der Waals surface area contributed by atoms with Crippen LogP contribution in [0.15, 0.2) is 45.8 Å². The molecule has 0 bridgehead atoms. The summed E-state index contributed by atoms with van der Waals surface area (Å²) in [6.07, 6.45) is 3.21. The Kier molecular flexibility index (Phi) is 4.97. The van der Waals surface area contributed by atoms with E-state index in [1.807, 2.05) is 0 Å². The van der Waals surface area contributed by atoms with E-state index in [4.69, 9.17) is 9.15 Å². The molecule has 1 fully saturated rings. The van der Waals surface area contributed by atoms with Gasteiger partial charge >= 0.3 is 11.8 Å². The van der Waals surface area contributed by atoms with E-state index in [9.17, 15) is 13.2 Å². The lowest BCUT2D eigenvalue weighted by Gasteiger charge is -2.11. The van der Waals surface area contributed by atoms with E-state index in [-0.39, 0.29) is 22.6 Å². The number of aromatic nitrogens is 3. The van der Waals surface area contributed by atoms with Crippen molar-refractivity contribution < 1.29 is 22.4 Å². The first-order chi connectivity index (χ1) is 14.0. The van der Waals surface area contributed by atoms with Crippen LogP contribution in [0, 0.1) is 0 Å². The summed E-state index contributed by atoms with van der Waals surface area (Å²) in [4.78, 5) is 16.8. The van der Waals surface area contributed by atoms with E-state index in [1.165, 1.54) is 19.4 Å². The smallest absolute Gasteiger partial charge is 0.311 e. The number of benzene rings is 1. The highest BCUT2D eigenvalue weighted by molar-refractivity contribution is 7.92. The number of anilines is 1. The van der Waals surface area contributed by atoms with Crippen molar-refractivity contribution in [1.82, 2.24) is 20.1 Å². The van der Waals surface area contributed by atoms with Gasteiger partial charge in [0, 0.05) is 25.0 Å². The number of nitrogens with one attached hydrogen (secondary N) is 2. The Bertz CT molecular complexity index is 1110. The van der Waals surface area contributed by atoms with E-state index < -0.39 is 10.0 Å². The number of methoxy groups -OCH3 is 1. The van der Waals surface area contributed by atoms with Crippen LogP contribution in [-0.2, 0) is 10.0 Å². The van der Waals surface area contributed by atoms with Crippen molar-refractivity contribution in [2.45, 2.75) is 17.7 Å². The van der Waals surface area contributed by atoms with Crippen LogP contribution in [0.2, 0.25) is 0 Å². The molecule has 1 saturated heterocycles. The molecule has 0 aliphatic carbocycles. The summed E-state index contributed by atoms with van der Waals surface area (Å²) in [5.74, 6) is 0.227. The van der Waals surface area contributed by atoms with E-state index >= 15 is 0 Å². The van der Waals surface area contributed by atoms with Crippen LogP contribution in [0.25, 0.3) is 11.6 Å². The van der Waals surface area contributed by atoms with Crippen LogP contribution in [0.4, 0.5) is 5.69 Å². The fraction of sp³-hybridized carbons (Fsp3) is 0.278. The number of carbonyl (C=O) groups excluding carboxylic acids is 1. The Hall–Kier alpha value is -3.34. The lowest BCUT2D eigenvalue weighted by Crippen LogP contribution is -2.27. The molecular formula is C18H19N5O5S. The first kappa shape index (κ1) is 19.0. The van der Waals surface area contributed by atoms with Crippen molar-refractivity contribution >= 4 is 21.6 Å². The van der Waals surface area contributed by atoms with Gasteiger partial charge in [-0.15, -0.1) is 10.2 Å². The molecule has 11 heteroatoms. The number of carbonyl (C=O) groups is 1. The number of rotatable bonds is 6. The molecule has 0 radical (unpaired) electrons. The van der Waals surface area contributed by atoms with Crippen LogP contribution in [-0.4, -0.2) is 54.6 Å². The van der Waals surface area contributed by atoms with Crippen molar-refractivity contribution in [3.05, 3.63) is 42.4 Å². The van der Waals surface area contributed by atoms with Crippen molar-refractivity contribution in [1.29, 1.82) is 0 Å². The molecule has 3 aromatic rings. The lowest BCUT2D eigenvalue weighted by atomic mass is 10.3. The first-order valence-electron chi connectivity index (χ1n) is 8.95. The Morgan fingerprint density at radius 3 is 2.62 bits per heavy atom. The van der Waals surface area contributed by atoms with Gasteiger partial charge in [0.2, 0.25) is 0 Å². The van der Waals surface area contributed by atoms with Gasteiger partial charge in [-0.1, -0.05) is 0 Å². The normalized spacial score (nSPS) is 14.2. The summed E-state index contributed by atoms with van der Waals surface area (Å²) in [5, 5.41) is 7.64. The standard InChI is InChI=1S/C18H19N5O5S/c1-27-13-6-4-12(5-7-13)22-29(25,26)14-10-15(19-11-14)16-20-21-17(28-16)18(24)23-8-2-3-9-23/h4-7,10-11,19,22H,2-3,8-9H2,1H3. The topological polar surface area (TPSA) is 130 Å². The molecule has 2 N–H and O–H groups in total. The second-order valence-electron chi connectivity index (χ2n) is 6.49. The Morgan fingerprint density at radius 1 is 1.21 bits per heavy atom. The summed E-state index contributed by atoms with van der Waals surface area (Å²) < 4.78 is 38.2. The van der Waals surface area contributed by atoms with Crippen LogP contribution < -0.4 is 9.46 Å². The molecule has 2 aromatic heterocycles. The summed E-state index contributed by atoms with van der Waals surface area (Å²) in [7, 11) is -2.30. The molecule has 10 nitrogen and oxygen atoms in total. The number of ether oxygens (including phenoxy) is 1. The predicted octanol–water partition coefficient (Wildman–Crippen LogP) is 2.11. The quantitative estimate of drug-likeness (QED) is 0.628. The number of nitrogens with zero attached hydrogens (tertiary/aromatic N) is 3. The average Bonchev–Trinajstić information content (AvgIpc) is 3.49. The molecule has 4 rings (SSSR count). The SMILES string of the molecule is COc1ccc(NS(=O)(=O)c2c[nH]c(-c3nnc(C(=O)N4CCCC4)o3)c2)cc1. The minimum absolute atomic E-state index is 0.00561. The third-order valence-corrected chi connectivity index (χ3v) is 5.90. The fourth-order valence-corrected chi connectivity index (χ4v) is 4.05. The molecule has 0 saturated carbocycles.